The van der Waals surface area contributed by atoms with Gasteiger partial charge >= 0.3 is 0 Å². The molecule has 22 heavy (non-hydrogen) atoms. The van der Waals surface area contributed by atoms with Gasteiger partial charge in [0.05, 0.1) is 0 Å². The van der Waals surface area contributed by atoms with E-state index in [1.165, 1.54) is 44.9 Å². The number of unbranched alkanes of at least 4 members (excludes halogenated alkanes) is 6. The van der Waals surface area contributed by atoms with Crippen molar-refractivity contribution in [3.63, 3.8) is 0 Å². The maximum atomic E-state index is 9.58. The molecule has 0 atom stereocenters. The number of hydrogen-bond acceptors (Lipinski definition) is 4. The van der Waals surface area contributed by atoms with Crippen LogP contribution in [0.1, 0.15) is 57.4 Å². The van der Waals surface area contributed by atoms with E-state index in [0.29, 0.717) is 18.8 Å². The highest BCUT2D eigenvalue weighted by Crippen LogP contribution is 2.18. The first kappa shape index (κ1) is 22.9. The molecule has 1 rings (SSSR count). The zero-order valence-electron chi connectivity index (χ0n) is 14.1. The molecule has 5 N–H and O–H groups in total. The molecule has 4 heteroatoms. The Morgan fingerprint density at radius 3 is 1.91 bits per heavy atom. The summed E-state index contributed by atoms with van der Waals surface area (Å²) >= 11 is 0. The molecule has 0 amide bonds. The Morgan fingerprint density at radius 1 is 0.909 bits per heavy atom. The highest BCUT2D eigenvalue weighted by atomic mass is 16.3. The number of carbonyl (C=O) groups is 1. The quantitative estimate of drug-likeness (QED) is 0.610. The number of phenols is 1. The predicted molar refractivity (Wildman–Crippen MR) is 95.0 cm³/mol. The third-order valence-corrected chi connectivity index (χ3v) is 3.21. The summed E-state index contributed by atoms with van der Waals surface area (Å²) in [6, 6.07) is 7.67. The normalized spacial score (nSPS) is 9.23. The van der Waals surface area contributed by atoms with Gasteiger partial charge in [0.1, 0.15) is 12.5 Å². The zero-order valence-corrected chi connectivity index (χ0v) is 14.1. The molecule has 0 aliphatic rings. The van der Waals surface area contributed by atoms with E-state index in [4.69, 9.17) is 16.3 Å². The lowest BCUT2D eigenvalue weighted by atomic mass is 10.0. The number of phenolic OH excluding ortho intramolecular Hbond substituents is 1. The van der Waals surface area contributed by atoms with Crippen LogP contribution < -0.4 is 11.5 Å². The predicted octanol–water partition coefficient (Wildman–Crippen LogP) is 3.40. The molecule has 0 heterocycles. The van der Waals surface area contributed by atoms with Gasteiger partial charge in [-0.25, -0.2) is 0 Å². The Labute approximate surface area is 135 Å². The first-order valence-corrected chi connectivity index (χ1v) is 8.22. The Morgan fingerprint density at radius 2 is 1.41 bits per heavy atom. The third-order valence-electron chi connectivity index (χ3n) is 3.21. The number of aromatic hydroxyl groups is 1. The zero-order chi connectivity index (χ0) is 17.1. The van der Waals surface area contributed by atoms with Crippen molar-refractivity contribution < 1.29 is 9.90 Å². The summed E-state index contributed by atoms with van der Waals surface area (Å²) in [4.78, 5) is 8.00. The second-order valence-corrected chi connectivity index (χ2v) is 5.08. The van der Waals surface area contributed by atoms with Crippen LogP contribution in [0, 0.1) is 0 Å². The average Bonchev–Trinajstić information content (AvgIpc) is 2.57. The van der Waals surface area contributed by atoms with Gasteiger partial charge < -0.3 is 21.4 Å². The van der Waals surface area contributed by atoms with Crippen molar-refractivity contribution in [2.45, 2.75) is 58.3 Å². The number of hydrogen-bond donors (Lipinski definition) is 3. The van der Waals surface area contributed by atoms with Crippen molar-refractivity contribution in [3.05, 3.63) is 29.8 Å². The smallest absolute Gasteiger partial charge is 0.118 e. The standard InChI is InChI=1S/C15H24O.C2H8N2.CH2O/c1-2-3-4-5-6-7-8-11-14-12-9-10-13-15(14)16;3-1-2-4;1-2/h9-10,12-13,16H,2-8,11H2,1H3;1-4H2;1H2. The second-order valence-electron chi connectivity index (χ2n) is 5.08. The second kappa shape index (κ2) is 19.6. The van der Waals surface area contributed by atoms with Crippen LogP contribution in [0.3, 0.4) is 0 Å². The van der Waals surface area contributed by atoms with E-state index >= 15 is 0 Å². The summed E-state index contributed by atoms with van der Waals surface area (Å²) < 4.78 is 0. The SMILES string of the molecule is C=O.CCCCCCCCCc1ccccc1O.NCCN. The minimum absolute atomic E-state index is 0.452. The molecule has 4 nitrogen and oxygen atoms in total. The van der Waals surface area contributed by atoms with Crippen LogP contribution in [0.2, 0.25) is 0 Å². The van der Waals surface area contributed by atoms with Crippen LogP contribution in [0.5, 0.6) is 5.75 Å². The maximum Gasteiger partial charge on any atom is 0.118 e. The fourth-order valence-electron chi connectivity index (χ4n) is 1.99. The molecule has 0 aromatic heterocycles. The van der Waals surface area contributed by atoms with Crippen LogP contribution in [-0.2, 0) is 11.2 Å². The molecule has 0 fully saturated rings. The molecule has 1 aromatic rings. The molecule has 0 saturated heterocycles. The van der Waals surface area contributed by atoms with E-state index in [1.54, 1.807) is 6.07 Å². The van der Waals surface area contributed by atoms with Gasteiger partial charge in [0.15, 0.2) is 0 Å². The van der Waals surface area contributed by atoms with Gasteiger partial charge in [0.25, 0.3) is 0 Å². The van der Waals surface area contributed by atoms with Crippen molar-refractivity contribution in [2.75, 3.05) is 13.1 Å². The van der Waals surface area contributed by atoms with Gasteiger partial charge in [-0.05, 0) is 24.5 Å². The lowest BCUT2D eigenvalue weighted by Gasteiger charge is -2.04. The molecule has 0 unspecified atom stereocenters. The van der Waals surface area contributed by atoms with E-state index < -0.39 is 0 Å². The molecule has 1 aromatic carbocycles. The van der Waals surface area contributed by atoms with E-state index in [0.717, 1.165) is 12.0 Å². The van der Waals surface area contributed by atoms with Crippen molar-refractivity contribution in [1.82, 2.24) is 0 Å². The van der Waals surface area contributed by atoms with Crippen molar-refractivity contribution in [1.29, 1.82) is 0 Å². The molecule has 0 bridgehead atoms. The first-order chi connectivity index (χ1) is 10.8. The largest absolute Gasteiger partial charge is 0.508 e. The average molecular weight is 310 g/mol. The molecule has 0 radical (unpaired) electrons. The van der Waals surface area contributed by atoms with E-state index in [1.807, 2.05) is 25.0 Å². The minimum Gasteiger partial charge on any atom is -0.508 e. The van der Waals surface area contributed by atoms with Gasteiger partial charge in [-0.3, -0.25) is 0 Å². The van der Waals surface area contributed by atoms with Gasteiger partial charge in [-0.2, -0.15) is 0 Å². The third kappa shape index (κ3) is 15.0. The Bertz CT molecular complexity index is 331. The lowest BCUT2D eigenvalue weighted by molar-refractivity contribution is -0.0979. The summed E-state index contributed by atoms with van der Waals surface area (Å²) in [7, 11) is 0. The highest BCUT2D eigenvalue weighted by Gasteiger charge is 1.98. The van der Waals surface area contributed by atoms with Crippen molar-refractivity contribution in [3.8, 4) is 5.75 Å². The molecule has 0 spiro atoms. The first-order valence-electron chi connectivity index (χ1n) is 8.22. The Hall–Kier alpha value is -1.39. The number of aryl methyl sites for hydroxylation is 1. The van der Waals surface area contributed by atoms with Crippen LogP contribution in [0.15, 0.2) is 24.3 Å². The van der Waals surface area contributed by atoms with Crippen LogP contribution in [0.25, 0.3) is 0 Å². The molecule has 0 aliphatic carbocycles. The number of para-hydroxylation sites is 1. The van der Waals surface area contributed by atoms with E-state index in [-0.39, 0.29) is 0 Å². The summed E-state index contributed by atoms with van der Waals surface area (Å²) in [5.41, 5.74) is 10.9. The van der Waals surface area contributed by atoms with Crippen LogP contribution in [-0.4, -0.2) is 25.0 Å². The van der Waals surface area contributed by atoms with Gasteiger partial charge in [-0.1, -0.05) is 63.6 Å². The Kier molecular flexibility index (Phi) is 20.4. The topological polar surface area (TPSA) is 89.3 Å². The monoisotopic (exact) mass is 310 g/mol. The Balaban J connectivity index is 0. The fraction of sp³-hybridized carbons (Fsp3) is 0.611. The summed E-state index contributed by atoms with van der Waals surface area (Å²) in [5, 5.41) is 9.58. The molecule has 0 saturated carbocycles. The van der Waals surface area contributed by atoms with Gasteiger partial charge in [-0.15, -0.1) is 0 Å². The van der Waals surface area contributed by atoms with Crippen molar-refractivity contribution >= 4 is 6.79 Å². The van der Waals surface area contributed by atoms with E-state index in [2.05, 4.69) is 6.92 Å². The maximum absolute atomic E-state index is 9.58. The number of nitrogens with two attached hydrogens (primary N) is 2. The summed E-state index contributed by atoms with van der Waals surface area (Å²) in [6.45, 7) is 5.44. The number of rotatable bonds is 9. The lowest BCUT2D eigenvalue weighted by Crippen LogP contribution is -2.11. The van der Waals surface area contributed by atoms with Crippen LogP contribution in [0.4, 0.5) is 0 Å². The fourth-order valence-corrected chi connectivity index (χ4v) is 1.99. The summed E-state index contributed by atoms with van der Waals surface area (Å²) in [6.07, 6.45) is 10.3. The van der Waals surface area contributed by atoms with E-state index in [9.17, 15) is 5.11 Å². The minimum atomic E-state index is 0.452. The number of benzene rings is 1. The van der Waals surface area contributed by atoms with Crippen molar-refractivity contribution in [2.24, 2.45) is 11.5 Å². The molecule has 0 aliphatic heterocycles. The summed E-state index contributed by atoms with van der Waals surface area (Å²) in [5.74, 6) is 0.452. The highest BCUT2D eigenvalue weighted by molar-refractivity contribution is 5.31. The number of carbonyl (C=O) groups excluding carboxylic acids is 1. The van der Waals surface area contributed by atoms with Crippen LogP contribution >= 0.6 is 0 Å². The van der Waals surface area contributed by atoms with Gasteiger partial charge in [0.2, 0.25) is 0 Å². The van der Waals surface area contributed by atoms with Gasteiger partial charge in [0, 0.05) is 13.1 Å². The molecular formula is C18H34N2O2. The molecular weight excluding hydrogens is 276 g/mol. The molecule has 128 valence electrons.